The predicted octanol–water partition coefficient (Wildman–Crippen LogP) is 2.49. The van der Waals surface area contributed by atoms with Gasteiger partial charge in [-0.25, -0.2) is 0 Å². The molecule has 0 radical (unpaired) electrons. The van der Waals surface area contributed by atoms with Crippen LogP contribution < -0.4 is 0 Å². The van der Waals surface area contributed by atoms with Gasteiger partial charge in [-0.15, -0.1) is 5.92 Å². The Morgan fingerprint density at radius 1 is 1.00 bits per heavy atom. The standard InChI is InChI=1S/C10H20OSi/c1-4-12(5-2,6-3)10-8-7-9-11/h11H,4-6,9-10H2,1-3H3. The van der Waals surface area contributed by atoms with Crippen LogP contribution in [0, 0.1) is 11.8 Å². The maximum atomic E-state index is 8.52. The smallest absolute Gasteiger partial charge is 0.104 e. The Hall–Kier alpha value is -0.263. The van der Waals surface area contributed by atoms with E-state index < -0.39 is 8.07 Å². The summed E-state index contributed by atoms with van der Waals surface area (Å²) in [5, 5.41) is 8.52. The fourth-order valence-electron chi connectivity index (χ4n) is 1.43. The van der Waals surface area contributed by atoms with E-state index in [1.165, 1.54) is 18.1 Å². The van der Waals surface area contributed by atoms with Crippen LogP contribution in [0.3, 0.4) is 0 Å². The summed E-state index contributed by atoms with van der Waals surface area (Å²) in [6, 6.07) is 5.03. The third kappa shape index (κ3) is 3.42. The highest BCUT2D eigenvalue weighted by molar-refractivity contribution is 6.80. The molecule has 1 nitrogen and oxygen atoms in total. The zero-order valence-corrected chi connectivity index (χ0v) is 9.48. The molecule has 0 spiro atoms. The van der Waals surface area contributed by atoms with Crippen molar-refractivity contribution in [3.63, 3.8) is 0 Å². The van der Waals surface area contributed by atoms with E-state index in [-0.39, 0.29) is 6.61 Å². The van der Waals surface area contributed by atoms with Crippen LogP contribution in [0.5, 0.6) is 0 Å². The summed E-state index contributed by atoms with van der Waals surface area (Å²) >= 11 is 0. The third-order valence-electron chi connectivity index (χ3n) is 2.92. The number of aliphatic hydroxyl groups is 1. The van der Waals surface area contributed by atoms with E-state index in [1.54, 1.807) is 0 Å². The Bertz CT molecular complexity index is 154. The molecule has 0 aliphatic rings. The minimum Gasteiger partial charge on any atom is -0.384 e. The summed E-state index contributed by atoms with van der Waals surface area (Å²) in [6.45, 7) is 6.85. The Morgan fingerprint density at radius 2 is 1.50 bits per heavy atom. The zero-order chi connectivity index (χ0) is 9.45. The molecule has 0 aromatic heterocycles. The van der Waals surface area contributed by atoms with Gasteiger partial charge >= 0.3 is 0 Å². The normalized spacial score (nSPS) is 10.7. The van der Waals surface area contributed by atoms with Crippen molar-refractivity contribution in [1.82, 2.24) is 0 Å². The average molecular weight is 184 g/mol. The van der Waals surface area contributed by atoms with Gasteiger partial charge in [0, 0.05) is 6.04 Å². The lowest BCUT2D eigenvalue weighted by Crippen LogP contribution is -2.30. The molecule has 70 valence electrons. The van der Waals surface area contributed by atoms with Crippen LogP contribution in [0.1, 0.15) is 20.8 Å². The molecule has 1 N–H and O–H groups in total. The molecule has 0 unspecified atom stereocenters. The van der Waals surface area contributed by atoms with E-state index in [0.29, 0.717) is 0 Å². The van der Waals surface area contributed by atoms with Crippen molar-refractivity contribution < 1.29 is 5.11 Å². The van der Waals surface area contributed by atoms with Crippen LogP contribution in [0.25, 0.3) is 0 Å². The monoisotopic (exact) mass is 184 g/mol. The van der Waals surface area contributed by atoms with Gasteiger partial charge in [0.25, 0.3) is 0 Å². The quantitative estimate of drug-likeness (QED) is 0.526. The first-order valence-corrected chi connectivity index (χ1v) is 7.64. The van der Waals surface area contributed by atoms with Crippen LogP contribution in [0.15, 0.2) is 0 Å². The second-order valence-corrected chi connectivity index (χ2v) is 8.72. The molecule has 0 aromatic carbocycles. The van der Waals surface area contributed by atoms with Crippen LogP contribution in [-0.2, 0) is 0 Å². The molecule has 0 heterocycles. The second-order valence-electron chi connectivity index (χ2n) is 3.25. The molecule has 0 atom stereocenters. The molecular formula is C10H20OSi. The molecule has 0 bridgehead atoms. The number of hydrogen-bond donors (Lipinski definition) is 1. The van der Waals surface area contributed by atoms with Gasteiger partial charge in [0.2, 0.25) is 0 Å². The average Bonchev–Trinajstić information content (AvgIpc) is 2.14. The fraction of sp³-hybridized carbons (Fsp3) is 0.800. The maximum absolute atomic E-state index is 8.52. The van der Waals surface area contributed by atoms with Crippen LogP contribution in [0.2, 0.25) is 24.2 Å². The highest BCUT2D eigenvalue weighted by Gasteiger charge is 2.24. The van der Waals surface area contributed by atoms with Gasteiger partial charge in [-0.05, 0) is 0 Å². The summed E-state index contributed by atoms with van der Waals surface area (Å²) in [7, 11) is -1.04. The largest absolute Gasteiger partial charge is 0.384 e. The molecule has 2 heteroatoms. The lowest BCUT2D eigenvalue weighted by atomic mass is 10.6. The number of aliphatic hydroxyl groups excluding tert-OH is 1. The van der Waals surface area contributed by atoms with E-state index in [2.05, 4.69) is 32.6 Å². The Morgan fingerprint density at radius 3 is 1.83 bits per heavy atom. The summed E-state index contributed by atoms with van der Waals surface area (Å²) < 4.78 is 0. The molecule has 0 amide bonds. The molecule has 0 saturated carbocycles. The molecule has 0 fully saturated rings. The number of hydrogen-bond acceptors (Lipinski definition) is 1. The van der Waals surface area contributed by atoms with Crippen LogP contribution >= 0.6 is 0 Å². The van der Waals surface area contributed by atoms with Gasteiger partial charge in [-0.3, -0.25) is 0 Å². The molecular weight excluding hydrogens is 164 g/mol. The molecule has 12 heavy (non-hydrogen) atoms. The van der Waals surface area contributed by atoms with Gasteiger partial charge in [-0.2, -0.15) is 0 Å². The highest BCUT2D eigenvalue weighted by Crippen LogP contribution is 2.23. The van der Waals surface area contributed by atoms with Crippen molar-refractivity contribution in [2.45, 2.75) is 44.9 Å². The van der Waals surface area contributed by atoms with Crippen molar-refractivity contribution in [3.8, 4) is 11.8 Å². The van der Waals surface area contributed by atoms with E-state index in [1.807, 2.05) is 0 Å². The lowest BCUT2D eigenvalue weighted by Gasteiger charge is -2.25. The van der Waals surface area contributed by atoms with Crippen molar-refractivity contribution in [2.24, 2.45) is 0 Å². The molecule has 0 aliphatic carbocycles. The number of rotatable bonds is 4. The van der Waals surface area contributed by atoms with Crippen LogP contribution in [-0.4, -0.2) is 19.8 Å². The first-order chi connectivity index (χ1) is 5.74. The summed E-state index contributed by atoms with van der Waals surface area (Å²) in [5.41, 5.74) is 0. The SMILES string of the molecule is CC[Si](CC)(CC)CC#CCO. The molecule has 0 rings (SSSR count). The van der Waals surface area contributed by atoms with E-state index in [0.717, 1.165) is 6.04 Å². The minimum atomic E-state index is -1.04. The maximum Gasteiger partial charge on any atom is 0.104 e. The topological polar surface area (TPSA) is 20.2 Å². The Balaban J connectivity index is 4.10. The fourth-order valence-corrected chi connectivity index (χ4v) is 4.18. The van der Waals surface area contributed by atoms with Gasteiger partial charge in [0.05, 0.1) is 8.07 Å². The summed E-state index contributed by atoms with van der Waals surface area (Å²) in [4.78, 5) is 0. The van der Waals surface area contributed by atoms with Gasteiger partial charge in [0.15, 0.2) is 0 Å². The van der Waals surface area contributed by atoms with Crippen molar-refractivity contribution in [3.05, 3.63) is 0 Å². The summed E-state index contributed by atoms with van der Waals surface area (Å²) in [6.07, 6.45) is 0. The Kier molecular flexibility index (Phi) is 6.14. The molecule has 0 aromatic rings. The van der Waals surface area contributed by atoms with Crippen molar-refractivity contribution in [2.75, 3.05) is 6.61 Å². The first kappa shape index (κ1) is 11.7. The first-order valence-electron chi connectivity index (χ1n) is 4.81. The predicted molar refractivity (Wildman–Crippen MR) is 56.9 cm³/mol. The van der Waals surface area contributed by atoms with Gasteiger partial charge in [0.1, 0.15) is 6.61 Å². The molecule has 0 aliphatic heterocycles. The minimum absolute atomic E-state index is 0.0155. The lowest BCUT2D eigenvalue weighted by molar-refractivity contribution is 0.350. The van der Waals surface area contributed by atoms with Crippen LogP contribution in [0.4, 0.5) is 0 Å². The van der Waals surface area contributed by atoms with E-state index >= 15 is 0 Å². The zero-order valence-electron chi connectivity index (χ0n) is 8.48. The Labute approximate surface area is 77.2 Å². The van der Waals surface area contributed by atoms with E-state index in [4.69, 9.17) is 5.11 Å². The third-order valence-corrected chi connectivity index (χ3v) is 8.34. The van der Waals surface area contributed by atoms with Crippen molar-refractivity contribution in [1.29, 1.82) is 0 Å². The second kappa shape index (κ2) is 6.27. The van der Waals surface area contributed by atoms with Crippen molar-refractivity contribution >= 4 is 8.07 Å². The highest BCUT2D eigenvalue weighted by atomic mass is 28.3. The van der Waals surface area contributed by atoms with Gasteiger partial charge < -0.3 is 5.11 Å². The molecule has 0 saturated heterocycles. The summed E-state index contributed by atoms with van der Waals surface area (Å²) in [5.74, 6) is 5.84. The van der Waals surface area contributed by atoms with E-state index in [9.17, 15) is 0 Å². The van der Waals surface area contributed by atoms with Gasteiger partial charge in [-0.1, -0.05) is 44.8 Å².